The average Bonchev–Trinajstić information content (AvgIpc) is 2.65. The summed E-state index contributed by atoms with van der Waals surface area (Å²) < 4.78 is 10.9. The van der Waals surface area contributed by atoms with Gasteiger partial charge in [-0.1, -0.05) is 0 Å². The van der Waals surface area contributed by atoms with E-state index in [0.29, 0.717) is 36.3 Å². The molecule has 1 heterocycles. The van der Waals surface area contributed by atoms with Gasteiger partial charge in [-0.15, -0.1) is 0 Å². The molecule has 27 heavy (non-hydrogen) atoms. The van der Waals surface area contributed by atoms with Gasteiger partial charge in [-0.25, -0.2) is 4.79 Å². The maximum atomic E-state index is 12.2. The number of carboxylic acid groups (broad SMARTS) is 1. The lowest BCUT2D eigenvalue weighted by Crippen LogP contribution is -2.56. The van der Waals surface area contributed by atoms with Crippen LogP contribution < -0.4 is 14.8 Å². The third-order valence-electron chi connectivity index (χ3n) is 4.51. The zero-order valence-electron chi connectivity index (χ0n) is 15.6. The molecule has 1 aliphatic heterocycles. The van der Waals surface area contributed by atoms with Crippen LogP contribution in [-0.4, -0.2) is 53.5 Å². The lowest BCUT2D eigenvalue weighted by atomic mass is 9.92. The van der Waals surface area contributed by atoms with Gasteiger partial charge in [0.05, 0.1) is 13.7 Å². The molecule has 2 rings (SSSR count). The van der Waals surface area contributed by atoms with Crippen LogP contribution >= 0.6 is 11.8 Å². The van der Waals surface area contributed by atoms with E-state index < -0.39 is 11.5 Å². The minimum Gasteiger partial charge on any atom is -0.493 e. The number of nitrogens with one attached hydrogen (secondary N) is 1. The molecular formula is C19H25NO6S. The average molecular weight is 395 g/mol. The van der Waals surface area contributed by atoms with Gasteiger partial charge in [0.15, 0.2) is 17.3 Å². The molecule has 0 aromatic heterocycles. The molecule has 0 aliphatic carbocycles. The number of carbonyl (C=O) groups is 3. The van der Waals surface area contributed by atoms with Gasteiger partial charge in [-0.3, -0.25) is 9.59 Å². The molecule has 1 fully saturated rings. The van der Waals surface area contributed by atoms with Crippen molar-refractivity contribution in [2.45, 2.75) is 38.1 Å². The zero-order valence-corrected chi connectivity index (χ0v) is 16.4. The molecule has 0 atom stereocenters. The Morgan fingerprint density at radius 3 is 2.52 bits per heavy atom. The van der Waals surface area contributed by atoms with Crippen molar-refractivity contribution < 1.29 is 29.0 Å². The molecule has 0 radical (unpaired) electrons. The number of thioether (sulfide) groups is 1. The van der Waals surface area contributed by atoms with E-state index in [1.54, 1.807) is 30.0 Å². The molecule has 7 nitrogen and oxygen atoms in total. The number of carbonyl (C=O) groups excluding carboxylic acids is 2. The molecule has 8 heteroatoms. The van der Waals surface area contributed by atoms with Crippen LogP contribution in [-0.2, 0) is 9.59 Å². The fraction of sp³-hybridized carbons (Fsp3) is 0.526. The second-order valence-corrected chi connectivity index (χ2v) is 7.65. The third-order valence-corrected chi connectivity index (χ3v) is 5.50. The smallest absolute Gasteiger partial charge is 0.329 e. The van der Waals surface area contributed by atoms with Crippen molar-refractivity contribution in [2.75, 3.05) is 25.2 Å². The summed E-state index contributed by atoms with van der Waals surface area (Å²) in [5.74, 6) is 1.09. The van der Waals surface area contributed by atoms with Gasteiger partial charge < -0.3 is 19.9 Å². The van der Waals surface area contributed by atoms with Gasteiger partial charge in [0, 0.05) is 12.0 Å². The maximum absolute atomic E-state index is 12.2. The van der Waals surface area contributed by atoms with Crippen molar-refractivity contribution in [2.24, 2.45) is 0 Å². The molecule has 0 bridgehead atoms. The number of hydrogen-bond acceptors (Lipinski definition) is 6. The van der Waals surface area contributed by atoms with Crippen LogP contribution in [0.15, 0.2) is 18.2 Å². The normalized spacial score (nSPS) is 15.6. The van der Waals surface area contributed by atoms with E-state index in [-0.39, 0.29) is 24.7 Å². The van der Waals surface area contributed by atoms with Crippen LogP contribution in [0.4, 0.5) is 0 Å². The van der Waals surface area contributed by atoms with Crippen LogP contribution in [0.5, 0.6) is 11.5 Å². The Morgan fingerprint density at radius 1 is 1.22 bits per heavy atom. The highest BCUT2D eigenvalue weighted by Gasteiger charge is 2.41. The van der Waals surface area contributed by atoms with Crippen molar-refractivity contribution >= 4 is 29.4 Å². The number of rotatable bonds is 9. The Kier molecular flexibility index (Phi) is 7.53. The predicted octanol–water partition coefficient (Wildman–Crippen LogP) is 2.52. The number of Topliss-reactive ketones (excluding diaryl/α,β-unsaturated/α-hetero) is 1. The summed E-state index contributed by atoms with van der Waals surface area (Å²) in [6.07, 6.45) is 1.49. The Bertz CT molecular complexity index is 699. The summed E-state index contributed by atoms with van der Waals surface area (Å²) in [5, 5.41) is 12.2. The molecule has 1 aromatic carbocycles. The van der Waals surface area contributed by atoms with Crippen molar-refractivity contribution in [3.05, 3.63) is 23.8 Å². The Hall–Kier alpha value is -2.22. The molecule has 1 saturated heterocycles. The Morgan fingerprint density at radius 2 is 1.93 bits per heavy atom. The Balaban J connectivity index is 1.83. The monoisotopic (exact) mass is 395 g/mol. The number of ketones is 1. The van der Waals surface area contributed by atoms with E-state index in [9.17, 15) is 19.5 Å². The van der Waals surface area contributed by atoms with E-state index in [1.165, 1.54) is 14.0 Å². The zero-order chi connectivity index (χ0) is 19.9. The fourth-order valence-electron chi connectivity index (χ4n) is 2.86. The number of hydrogen-bond donors (Lipinski definition) is 2. The highest BCUT2D eigenvalue weighted by atomic mass is 32.2. The molecule has 0 unspecified atom stereocenters. The van der Waals surface area contributed by atoms with Gasteiger partial charge in [-0.2, -0.15) is 11.8 Å². The lowest BCUT2D eigenvalue weighted by molar-refractivity contribution is -0.148. The van der Waals surface area contributed by atoms with Crippen LogP contribution in [0.2, 0.25) is 0 Å². The number of methoxy groups -OCH3 is 1. The predicted molar refractivity (Wildman–Crippen MR) is 103 cm³/mol. The van der Waals surface area contributed by atoms with E-state index >= 15 is 0 Å². The maximum Gasteiger partial charge on any atom is 0.329 e. The first-order chi connectivity index (χ1) is 12.9. The summed E-state index contributed by atoms with van der Waals surface area (Å²) in [6.45, 7) is 1.75. The molecule has 1 aliphatic rings. The number of aliphatic carboxylic acids is 1. The third kappa shape index (κ3) is 5.63. The second-order valence-electron chi connectivity index (χ2n) is 6.42. The van der Waals surface area contributed by atoms with E-state index in [1.807, 2.05) is 0 Å². The van der Waals surface area contributed by atoms with Gasteiger partial charge in [0.2, 0.25) is 5.91 Å². The SMILES string of the molecule is COc1cc(C(C)=O)ccc1OCCCC(=O)NC1(C(=O)O)CCSCC1. The standard InChI is InChI=1S/C19H25NO6S/c1-13(21)14-5-6-15(16(12-14)25-2)26-9-3-4-17(22)20-19(18(23)24)7-10-27-11-8-19/h5-6,12H,3-4,7-11H2,1-2H3,(H,20,22)(H,23,24). The number of benzene rings is 1. The van der Waals surface area contributed by atoms with Crippen molar-refractivity contribution in [3.63, 3.8) is 0 Å². The fourth-order valence-corrected chi connectivity index (χ4v) is 4.05. The molecule has 1 aromatic rings. The molecular weight excluding hydrogens is 370 g/mol. The summed E-state index contributed by atoms with van der Waals surface area (Å²) in [6, 6.07) is 4.93. The first kappa shape index (κ1) is 21.1. The highest BCUT2D eigenvalue weighted by molar-refractivity contribution is 7.99. The summed E-state index contributed by atoms with van der Waals surface area (Å²) in [4.78, 5) is 35.2. The van der Waals surface area contributed by atoms with Crippen molar-refractivity contribution in [1.29, 1.82) is 0 Å². The van der Waals surface area contributed by atoms with Gasteiger partial charge >= 0.3 is 5.97 Å². The van der Waals surface area contributed by atoms with Crippen LogP contribution in [0.25, 0.3) is 0 Å². The minimum atomic E-state index is -1.14. The molecule has 1 amide bonds. The van der Waals surface area contributed by atoms with E-state index in [4.69, 9.17) is 9.47 Å². The second kappa shape index (κ2) is 9.64. The summed E-state index contributed by atoms with van der Waals surface area (Å²) in [7, 11) is 1.49. The van der Waals surface area contributed by atoms with Gasteiger partial charge in [-0.05, 0) is 55.9 Å². The molecule has 2 N–H and O–H groups in total. The quantitative estimate of drug-likeness (QED) is 0.489. The van der Waals surface area contributed by atoms with E-state index in [2.05, 4.69) is 5.32 Å². The van der Waals surface area contributed by atoms with Crippen molar-refractivity contribution in [1.82, 2.24) is 5.32 Å². The van der Waals surface area contributed by atoms with Crippen molar-refractivity contribution in [3.8, 4) is 11.5 Å². The summed E-state index contributed by atoms with van der Waals surface area (Å²) in [5.41, 5.74) is -0.613. The van der Waals surface area contributed by atoms with Crippen LogP contribution in [0.1, 0.15) is 43.0 Å². The number of ether oxygens (including phenoxy) is 2. The topological polar surface area (TPSA) is 102 Å². The highest BCUT2D eigenvalue weighted by Crippen LogP contribution is 2.29. The molecule has 148 valence electrons. The number of amides is 1. The number of carboxylic acids is 1. The van der Waals surface area contributed by atoms with E-state index in [0.717, 1.165) is 11.5 Å². The van der Waals surface area contributed by atoms with Gasteiger partial charge in [0.25, 0.3) is 0 Å². The molecule has 0 saturated carbocycles. The van der Waals surface area contributed by atoms with Crippen LogP contribution in [0, 0.1) is 0 Å². The first-order valence-electron chi connectivity index (χ1n) is 8.82. The minimum absolute atomic E-state index is 0.0648. The molecule has 0 spiro atoms. The lowest BCUT2D eigenvalue weighted by Gasteiger charge is -2.33. The van der Waals surface area contributed by atoms with Gasteiger partial charge in [0.1, 0.15) is 5.54 Å². The largest absolute Gasteiger partial charge is 0.493 e. The summed E-state index contributed by atoms with van der Waals surface area (Å²) >= 11 is 1.70. The Labute approximate surface area is 162 Å². The van der Waals surface area contributed by atoms with Crippen LogP contribution in [0.3, 0.4) is 0 Å². The first-order valence-corrected chi connectivity index (χ1v) is 9.97.